The minimum absolute atomic E-state index is 0.0218. The van der Waals surface area contributed by atoms with Crippen molar-refractivity contribution in [2.24, 2.45) is 5.41 Å². The van der Waals surface area contributed by atoms with Crippen molar-refractivity contribution in [3.05, 3.63) is 0 Å². The van der Waals surface area contributed by atoms with E-state index < -0.39 is 0 Å². The first-order valence-corrected chi connectivity index (χ1v) is 5.95. The summed E-state index contributed by atoms with van der Waals surface area (Å²) in [5.41, 5.74) is -0.222. The van der Waals surface area contributed by atoms with Gasteiger partial charge in [0.25, 0.3) is 0 Å². The Bertz CT molecular complexity index is 324. The molecule has 90 valence electrons. The molecular formula is C12H20N2O2. The molecule has 4 nitrogen and oxygen atoms in total. The summed E-state index contributed by atoms with van der Waals surface area (Å²) in [4.78, 5) is 25.9. The Morgan fingerprint density at radius 1 is 1.25 bits per heavy atom. The lowest BCUT2D eigenvalue weighted by Gasteiger charge is -2.42. The quantitative estimate of drug-likeness (QED) is 0.719. The van der Waals surface area contributed by atoms with E-state index in [0.717, 1.165) is 12.8 Å². The number of hydrogen-bond acceptors (Lipinski definition) is 2. The van der Waals surface area contributed by atoms with Gasteiger partial charge in [-0.2, -0.15) is 0 Å². The largest absolute Gasteiger partial charge is 0.342 e. The number of piperazine rings is 1. The van der Waals surface area contributed by atoms with Crippen LogP contribution in [0.4, 0.5) is 0 Å². The molecule has 2 aliphatic rings. The normalized spacial score (nSPS) is 31.6. The van der Waals surface area contributed by atoms with Gasteiger partial charge in [-0.3, -0.25) is 9.59 Å². The molecule has 1 N–H and O–H groups in total. The lowest BCUT2D eigenvalue weighted by atomic mass is 9.84. The highest BCUT2D eigenvalue weighted by atomic mass is 16.2. The van der Waals surface area contributed by atoms with E-state index in [4.69, 9.17) is 0 Å². The summed E-state index contributed by atoms with van der Waals surface area (Å²) in [7, 11) is 0. The molecule has 1 saturated heterocycles. The van der Waals surface area contributed by atoms with Gasteiger partial charge in [-0.15, -0.1) is 0 Å². The molecule has 16 heavy (non-hydrogen) atoms. The summed E-state index contributed by atoms with van der Waals surface area (Å²) >= 11 is 0. The third kappa shape index (κ3) is 1.81. The molecular weight excluding hydrogens is 204 g/mol. The monoisotopic (exact) mass is 224 g/mol. The summed E-state index contributed by atoms with van der Waals surface area (Å²) in [6.07, 6.45) is 2.08. The Kier molecular flexibility index (Phi) is 2.48. The van der Waals surface area contributed by atoms with Crippen LogP contribution in [0.5, 0.6) is 0 Å². The summed E-state index contributed by atoms with van der Waals surface area (Å²) in [5, 5.41) is 2.84. The average molecular weight is 224 g/mol. The van der Waals surface area contributed by atoms with Gasteiger partial charge in [0, 0.05) is 6.04 Å². The zero-order chi connectivity index (χ0) is 12.1. The van der Waals surface area contributed by atoms with E-state index in [9.17, 15) is 9.59 Å². The number of hydrogen-bond donors (Lipinski definition) is 1. The van der Waals surface area contributed by atoms with Crippen LogP contribution in [0.3, 0.4) is 0 Å². The van der Waals surface area contributed by atoms with E-state index >= 15 is 0 Å². The second-order valence-electron chi connectivity index (χ2n) is 5.96. The van der Waals surface area contributed by atoms with Crippen molar-refractivity contribution in [2.45, 2.75) is 58.7 Å². The van der Waals surface area contributed by atoms with Crippen LogP contribution in [0.2, 0.25) is 0 Å². The maximum Gasteiger partial charge on any atom is 0.246 e. The van der Waals surface area contributed by atoms with Gasteiger partial charge >= 0.3 is 0 Å². The van der Waals surface area contributed by atoms with Gasteiger partial charge in [-0.1, -0.05) is 20.8 Å². The molecule has 1 saturated carbocycles. The van der Waals surface area contributed by atoms with Gasteiger partial charge in [0.2, 0.25) is 11.8 Å². The Hall–Kier alpha value is -1.06. The molecule has 0 aromatic carbocycles. The first-order valence-electron chi connectivity index (χ1n) is 5.95. The zero-order valence-corrected chi connectivity index (χ0v) is 10.4. The summed E-state index contributed by atoms with van der Waals surface area (Å²) in [6, 6.07) is -0.381. The minimum atomic E-state index is -0.378. The number of carbonyl (C=O) groups is 2. The first-order chi connectivity index (χ1) is 7.32. The predicted octanol–water partition coefficient (Wildman–Crippen LogP) is 0.910. The van der Waals surface area contributed by atoms with E-state index in [1.165, 1.54) is 0 Å². The van der Waals surface area contributed by atoms with E-state index in [0.29, 0.717) is 6.04 Å². The SMILES string of the molecule is CC1C(=O)NC(C(C)(C)C)C(=O)N1C1CC1. The second-order valence-corrected chi connectivity index (χ2v) is 5.96. The van der Waals surface area contributed by atoms with Crippen LogP contribution >= 0.6 is 0 Å². The van der Waals surface area contributed by atoms with Crippen LogP contribution in [-0.2, 0) is 9.59 Å². The van der Waals surface area contributed by atoms with Gasteiger partial charge in [0.05, 0.1) is 0 Å². The number of amides is 2. The van der Waals surface area contributed by atoms with E-state index in [1.54, 1.807) is 4.90 Å². The smallest absolute Gasteiger partial charge is 0.246 e. The highest BCUT2D eigenvalue weighted by Gasteiger charge is 2.48. The molecule has 1 aliphatic heterocycles. The van der Waals surface area contributed by atoms with Crippen molar-refractivity contribution in [1.29, 1.82) is 0 Å². The molecule has 2 atom stereocenters. The standard InChI is InChI=1S/C12H20N2O2/c1-7-10(15)13-9(12(2,3)4)11(16)14(7)8-5-6-8/h7-9H,5-6H2,1-4H3,(H,13,15). The first kappa shape index (κ1) is 11.4. The van der Waals surface area contributed by atoms with Crippen molar-refractivity contribution in [1.82, 2.24) is 10.2 Å². The van der Waals surface area contributed by atoms with Crippen LogP contribution in [0, 0.1) is 5.41 Å². The van der Waals surface area contributed by atoms with E-state index in [1.807, 2.05) is 27.7 Å². The molecule has 2 fully saturated rings. The molecule has 2 rings (SSSR count). The lowest BCUT2D eigenvalue weighted by molar-refractivity contribution is -0.152. The summed E-state index contributed by atoms with van der Waals surface area (Å²) < 4.78 is 0. The second kappa shape index (κ2) is 3.47. The molecule has 0 spiro atoms. The van der Waals surface area contributed by atoms with Gasteiger partial charge in [-0.25, -0.2) is 0 Å². The highest BCUT2D eigenvalue weighted by molar-refractivity contribution is 5.97. The maximum atomic E-state index is 12.3. The third-order valence-electron chi connectivity index (χ3n) is 3.39. The van der Waals surface area contributed by atoms with Gasteiger partial charge in [0.1, 0.15) is 12.1 Å². The Labute approximate surface area is 96.4 Å². The minimum Gasteiger partial charge on any atom is -0.342 e. The van der Waals surface area contributed by atoms with Gasteiger partial charge < -0.3 is 10.2 Å². The van der Waals surface area contributed by atoms with E-state index in [2.05, 4.69) is 5.32 Å². The Morgan fingerprint density at radius 2 is 1.81 bits per heavy atom. The predicted molar refractivity (Wildman–Crippen MR) is 60.7 cm³/mol. The maximum absolute atomic E-state index is 12.3. The summed E-state index contributed by atoms with van der Waals surface area (Å²) in [6.45, 7) is 7.76. The van der Waals surface area contributed by atoms with Crippen molar-refractivity contribution in [2.75, 3.05) is 0 Å². The zero-order valence-electron chi connectivity index (χ0n) is 10.4. The molecule has 0 bridgehead atoms. The molecule has 1 heterocycles. The van der Waals surface area contributed by atoms with Gasteiger partial charge in [0.15, 0.2) is 0 Å². The van der Waals surface area contributed by atoms with Crippen molar-refractivity contribution in [3.63, 3.8) is 0 Å². The molecule has 0 aromatic heterocycles. The number of nitrogens with one attached hydrogen (secondary N) is 1. The Balaban J connectivity index is 2.25. The number of nitrogens with zero attached hydrogens (tertiary/aromatic N) is 1. The van der Waals surface area contributed by atoms with Crippen LogP contribution < -0.4 is 5.32 Å². The topological polar surface area (TPSA) is 49.4 Å². The van der Waals surface area contributed by atoms with Crippen LogP contribution in [0.15, 0.2) is 0 Å². The van der Waals surface area contributed by atoms with Crippen molar-refractivity contribution < 1.29 is 9.59 Å². The Morgan fingerprint density at radius 3 is 2.25 bits per heavy atom. The van der Waals surface area contributed by atoms with E-state index in [-0.39, 0.29) is 29.3 Å². The summed E-state index contributed by atoms with van der Waals surface area (Å²) in [5.74, 6) is 0.0634. The molecule has 0 aromatic rings. The molecule has 1 aliphatic carbocycles. The molecule has 2 amide bonds. The van der Waals surface area contributed by atoms with Crippen LogP contribution in [-0.4, -0.2) is 34.8 Å². The number of carbonyl (C=O) groups excluding carboxylic acids is 2. The van der Waals surface area contributed by atoms with Gasteiger partial charge in [-0.05, 0) is 25.2 Å². The van der Waals surface area contributed by atoms with Crippen LogP contribution in [0.1, 0.15) is 40.5 Å². The fraction of sp³-hybridized carbons (Fsp3) is 0.833. The number of rotatable bonds is 1. The average Bonchev–Trinajstić information content (AvgIpc) is 2.93. The van der Waals surface area contributed by atoms with Crippen LogP contribution in [0.25, 0.3) is 0 Å². The fourth-order valence-corrected chi connectivity index (χ4v) is 2.23. The fourth-order valence-electron chi connectivity index (χ4n) is 2.23. The molecule has 2 unspecified atom stereocenters. The lowest BCUT2D eigenvalue weighted by Crippen LogP contribution is -2.66. The third-order valence-corrected chi connectivity index (χ3v) is 3.39. The van der Waals surface area contributed by atoms with Crippen molar-refractivity contribution >= 4 is 11.8 Å². The molecule has 4 heteroatoms. The molecule has 0 radical (unpaired) electrons. The van der Waals surface area contributed by atoms with Crippen molar-refractivity contribution in [3.8, 4) is 0 Å². The highest BCUT2D eigenvalue weighted by Crippen LogP contribution is 2.33.